The van der Waals surface area contributed by atoms with Crippen molar-refractivity contribution in [1.82, 2.24) is 0 Å². The van der Waals surface area contributed by atoms with E-state index in [-0.39, 0.29) is 17.0 Å². The summed E-state index contributed by atoms with van der Waals surface area (Å²) in [7, 11) is 0. The SMILES string of the molecule is Clc1ccccc1C[n+]1ccc2sccc2c1.[Br-]. The molecule has 0 amide bonds. The molecule has 92 valence electrons. The van der Waals surface area contributed by atoms with Crippen LogP contribution in [0.2, 0.25) is 5.02 Å². The number of pyridine rings is 1. The van der Waals surface area contributed by atoms with Gasteiger partial charge in [-0.25, -0.2) is 4.57 Å². The number of nitrogens with zero attached hydrogens (tertiary/aromatic N) is 1. The molecule has 1 nitrogen and oxygen atoms in total. The first-order valence-corrected chi connectivity index (χ1v) is 6.68. The van der Waals surface area contributed by atoms with E-state index in [1.807, 2.05) is 18.2 Å². The Labute approximate surface area is 125 Å². The highest BCUT2D eigenvalue weighted by Gasteiger charge is 2.07. The maximum atomic E-state index is 6.16. The van der Waals surface area contributed by atoms with Gasteiger partial charge >= 0.3 is 0 Å². The number of benzene rings is 1. The minimum Gasteiger partial charge on any atom is -1.00 e. The quantitative estimate of drug-likeness (QED) is 0.610. The van der Waals surface area contributed by atoms with Crippen LogP contribution in [0, 0.1) is 0 Å². The average Bonchev–Trinajstić information content (AvgIpc) is 2.79. The van der Waals surface area contributed by atoms with Gasteiger partial charge < -0.3 is 17.0 Å². The van der Waals surface area contributed by atoms with Crippen molar-refractivity contribution >= 4 is 33.0 Å². The molecule has 0 fully saturated rings. The summed E-state index contributed by atoms with van der Waals surface area (Å²) in [5.74, 6) is 0. The molecule has 2 heterocycles. The van der Waals surface area contributed by atoms with Crippen LogP contribution in [0.15, 0.2) is 54.2 Å². The van der Waals surface area contributed by atoms with Gasteiger partial charge in [-0.05, 0) is 17.5 Å². The van der Waals surface area contributed by atoms with Gasteiger partial charge in [0.05, 0.1) is 10.4 Å². The topological polar surface area (TPSA) is 3.88 Å². The molecule has 0 N–H and O–H groups in total. The van der Waals surface area contributed by atoms with E-state index in [1.54, 1.807) is 11.3 Å². The Balaban J connectivity index is 0.00000120. The fraction of sp³-hybridized carbons (Fsp3) is 0.0714. The second kappa shape index (κ2) is 5.83. The smallest absolute Gasteiger partial charge is 0.177 e. The lowest BCUT2D eigenvalue weighted by Crippen LogP contribution is -3.00. The largest absolute Gasteiger partial charge is 1.00 e. The van der Waals surface area contributed by atoms with E-state index in [9.17, 15) is 0 Å². The van der Waals surface area contributed by atoms with Crippen LogP contribution < -0.4 is 21.5 Å². The molecule has 0 saturated carbocycles. The summed E-state index contributed by atoms with van der Waals surface area (Å²) in [4.78, 5) is 0. The molecule has 2 aromatic heterocycles. The van der Waals surface area contributed by atoms with Gasteiger partial charge in [0.15, 0.2) is 18.9 Å². The monoisotopic (exact) mass is 339 g/mol. The van der Waals surface area contributed by atoms with Gasteiger partial charge in [-0.2, -0.15) is 0 Å². The zero-order valence-electron chi connectivity index (χ0n) is 9.51. The van der Waals surface area contributed by atoms with Crippen LogP contribution in [0.1, 0.15) is 5.56 Å². The Morgan fingerprint density at radius 1 is 1.11 bits per heavy atom. The second-order valence-electron chi connectivity index (χ2n) is 3.95. The van der Waals surface area contributed by atoms with Crippen molar-refractivity contribution in [1.29, 1.82) is 0 Å². The zero-order valence-corrected chi connectivity index (χ0v) is 12.7. The van der Waals surface area contributed by atoms with Crippen molar-refractivity contribution in [3.8, 4) is 0 Å². The lowest BCUT2D eigenvalue weighted by Gasteiger charge is -2.00. The van der Waals surface area contributed by atoms with Crippen molar-refractivity contribution in [2.24, 2.45) is 0 Å². The minimum absolute atomic E-state index is 0. The molecule has 0 unspecified atom stereocenters. The number of hydrogen-bond acceptors (Lipinski definition) is 1. The normalized spacial score (nSPS) is 10.3. The summed E-state index contributed by atoms with van der Waals surface area (Å²) in [6.45, 7) is 0.811. The molecule has 4 heteroatoms. The number of rotatable bonds is 2. The average molecular weight is 341 g/mol. The van der Waals surface area contributed by atoms with Crippen LogP contribution in [0.4, 0.5) is 0 Å². The predicted molar refractivity (Wildman–Crippen MR) is 72.6 cm³/mol. The third-order valence-corrected chi connectivity index (χ3v) is 4.03. The van der Waals surface area contributed by atoms with Gasteiger partial charge in [0, 0.05) is 16.3 Å². The molecular weight excluding hydrogens is 330 g/mol. The van der Waals surface area contributed by atoms with Crippen LogP contribution in [0.3, 0.4) is 0 Å². The zero-order chi connectivity index (χ0) is 11.7. The Morgan fingerprint density at radius 2 is 1.94 bits per heavy atom. The Kier molecular flexibility index (Phi) is 4.38. The maximum Gasteiger partial charge on any atom is 0.177 e. The highest BCUT2D eigenvalue weighted by molar-refractivity contribution is 7.17. The maximum absolute atomic E-state index is 6.16. The molecule has 0 spiro atoms. The molecule has 0 aliphatic heterocycles. The molecule has 3 aromatic rings. The van der Waals surface area contributed by atoms with Crippen molar-refractivity contribution in [3.05, 3.63) is 64.8 Å². The van der Waals surface area contributed by atoms with E-state index >= 15 is 0 Å². The van der Waals surface area contributed by atoms with Gasteiger partial charge in [-0.1, -0.05) is 29.8 Å². The highest BCUT2D eigenvalue weighted by Crippen LogP contribution is 2.18. The van der Waals surface area contributed by atoms with Crippen molar-refractivity contribution in [2.45, 2.75) is 6.54 Å². The highest BCUT2D eigenvalue weighted by atomic mass is 79.9. The number of halogens is 2. The summed E-state index contributed by atoms with van der Waals surface area (Å²) in [5, 5.41) is 4.22. The van der Waals surface area contributed by atoms with Crippen LogP contribution in [0.25, 0.3) is 10.1 Å². The minimum atomic E-state index is 0. The third-order valence-electron chi connectivity index (χ3n) is 2.76. The van der Waals surface area contributed by atoms with E-state index in [0.717, 1.165) is 17.1 Å². The molecule has 18 heavy (non-hydrogen) atoms. The van der Waals surface area contributed by atoms with Gasteiger partial charge in [-0.3, -0.25) is 0 Å². The Hall–Kier alpha value is -0.900. The summed E-state index contributed by atoms with van der Waals surface area (Å²) in [6.07, 6.45) is 4.26. The van der Waals surface area contributed by atoms with Crippen LogP contribution in [-0.4, -0.2) is 0 Å². The van der Waals surface area contributed by atoms with Gasteiger partial charge in [0.1, 0.15) is 0 Å². The lowest BCUT2D eigenvalue weighted by molar-refractivity contribution is -0.687. The summed E-state index contributed by atoms with van der Waals surface area (Å²) in [5.41, 5.74) is 1.15. The van der Waals surface area contributed by atoms with Crippen molar-refractivity contribution in [2.75, 3.05) is 0 Å². The molecule has 0 bridgehead atoms. The predicted octanol–water partition coefficient (Wildman–Crippen LogP) is 0.894. The van der Waals surface area contributed by atoms with Gasteiger partial charge in [0.2, 0.25) is 0 Å². The van der Waals surface area contributed by atoms with Crippen LogP contribution >= 0.6 is 22.9 Å². The molecule has 1 aromatic carbocycles. The first kappa shape index (κ1) is 13.5. The van der Waals surface area contributed by atoms with Crippen LogP contribution in [-0.2, 0) is 6.54 Å². The summed E-state index contributed by atoms with van der Waals surface area (Å²) >= 11 is 7.93. The van der Waals surface area contributed by atoms with Gasteiger partial charge in [0.25, 0.3) is 0 Å². The Morgan fingerprint density at radius 3 is 2.78 bits per heavy atom. The number of aromatic nitrogens is 1. The van der Waals surface area contributed by atoms with E-state index in [4.69, 9.17) is 11.6 Å². The van der Waals surface area contributed by atoms with Crippen LogP contribution in [0.5, 0.6) is 0 Å². The van der Waals surface area contributed by atoms with E-state index in [1.165, 1.54) is 10.1 Å². The van der Waals surface area contributed by atoms with Gasteiger partial charge in [-0.15, -0.1) is 11.3 Å². The fourth-order valence-electron chi connectivity index (χ4n) is 1.88. The lowest BCUT2D eigenvalue weighted by atomic mass is 10.2. The van der Waals surface area contributed by atoms with Crippen molar-refractivity contribution < 1.29 is 21.5 Å². The third kappa shape index (κ3) is 2.74. The molecule has 0 aliphatic carbocycles. The molecule has 0 atom stereocenters. The summed E-state index contributed by atoms with van der Waals surface area (Å²) in [6, 6.07) is 12.3. The standard InChI is InChI=1S/C14H11ClNS.BrH/c15-13-4-2-1-3-11(13)9-16-7-5-14-12(10-16)6-8-17-14;/h1-8,10H,9H2;1H/q+1;/p-1. The number of thiophene rings is 1. The fourth-order valence-corrected chi connectivity index (χ4v) is 2.83. The molecule has 0 saturated heterocycles. The number of fused-ring (bicyclic) bond motifs is 1. The molecule has 0 aliphatic rings. The van der Waals surface area contributed by atoms with E-state index in [0.29, 0.717) is 0 Å². The van der Waals surface area contributed by atoms with Crippen molar-refractivity contribution in [3.63, 3.8) is 0 Å². The molecule has 0 radical (unpaired) electrons. The summed E-state index contributed by atoms with van der Waals surface area (Å²) < 4.78 is 3.48. The van der Waals surface area contributed by atoms with E-state index in [2.05, 4.69) is 40.5 Å². The Bertz CT molecular complexity index is 665. The number of hydrogen-bond donors (Lipinski definition) is 0. The molecular formula is C14H11BrClNS. The first-order valence-electron chi connectivity index (χ1n) is 5.43. The second-order valence-corrected chi connectivity index (χ2v) is 5.30. The molecule has 3 rings (SSSR count). The van der Waals surface area contributed by atoms with E-state index < -0.39 is 0 Å². The first-order chi connectivity index (χ1) is 8.33.